The van der Waals surface area contributed by atoms with E-state index in [-0.39, 0.29) is 18.0 Å². The lowest BCUT2D eigenvalue weighted by atomic mass is 10.00. The molecule has 0 bridgehead atoms. The van der Waals surface area contributed by atoms with Crippen molar-refractivity contribution in [2.75, 3.05) is 37.7 Å². The van der Waals surface area contributed by atoms with Crippen molar-refractivity contribution in [3.8, 4) is 5.75 Å². The Kier molecular flexibility index (Phi) is 7.33. The first-order valence-corrected chi connectivity index (χ1v) is 11.9. The maximum absolute atomic E-state index is 13.2. The highest BCUT2D eigenvalue weighted by molar-refractivity contribution is 5.82. The lowest BCUT2D eigenvalue weighted by molar-refractivity contribution is -0.133. The lowest BCUT2D eigenvalue weighted by Gasteiger charge is -2.38. The van der Waals surface area contributed by atoms with Gasteiger partial charge in [0.2, 0.25) is 5.91 Å². The quantitative estimate of drug-likeness (QED) is 0.648. The van der Waals surface area contributed by atoms with E-state index in [4.69, 9.17) is 4.74 Å². The van der Waals surface area contributed by atoms with Crippen LogP contribution in [0.25, 0.3) is 0 Å². The normalized spacial score (nSPS) is 21.1. The fourth-order valence-corrected chi connectivity index (χ4v) is 4.61. The number of carbonyl (C=O) groups is 1. The Balaban J connectivity index is 1.34. The van der Waals surface area contributed by atoms with Crippen LogP contribution in [0.15, 0.2) is 42.5 Å². The van der Waals surface area contributed by atoms with E-state index in [1.54, 1.807) is 0 Å². The smallest absolute Gasteiger partial charge is 0.241 e. The molecular weight excluding hydrogens is 400 g/mol. The summed E-state index contributed by atoms with van der Waals surface area (Å²) in [5.41, 5.74) is 11.6. The van der Waals surface area contributed by atoms with Crippen molar-refractivity contribution < 1.29 is 9.53 Å². The molecule has 0 spiro atoms. The largest absolute Gasteiger partial charge is 0.493 e. The zero-order valence-corrected chi connectivity index (χ0v) is 19.6. The van der Waals surface area contributed by atoms with Crippen molar-refractivity contribution in [2.24, 2.45) is 0 Å². The zero-order chi connectivity index (χ0) is 22.5. The Bertz CT molecular complexity index is 924. The maximum atomic E-state index is 13.2. The number of piperazine rings is 1. The van der Waals surface area contributed by atoms with Crippen LogP contribution in [0.2, 0.25) is 0 Å². The van der Waals surface area contributed by atoms with E-state index in [9.17, 15) is 4.79 Å². The van der Waals surface area contributed by atoms with Crippen LogP contribution in [0.3, 0.4) is 0 Å². The molecular formula is C26H36N4O2. The number of nitrogens with zero attached hydrogens (tertiary/aromatic N) is 2. The third kappa shape index (κ3) is 4.92. The van der Waals surface area contributed by atoms with Crippen LogP contribution >= 0.6 is 0 Å². The molecule has 172 valence electrons. The molecule has 2 heterocycles. The third-order valence-electron chi connectivity index (χ3n) is 6.76. The van der Waals surface area contributed by atoms with Crippen LogP contribution in [0.5, 0.6) is 5.75 Å². The number of rotatable bonds is 7. The number of para-hydroxylation sites is 1. The minimum atomic E-state index is -0.212. The van der Waals surface area contributed by atoms with Crippen LogP contribution in [0, 0.1) is 13.8 Å². The summed E-state index contributed by atoms with van der Waals surface area (Å²) in [4.78, 5) is 17.6. The number of ether oxygens (including phenoxy) is 1. The number of benzene rings is 2. The molecule has 2 atom stereocenters. The highest BCUT2D eigenvalue weighted by Gasteiger charge is 2.35. The number of hydrogen-bond donors (Lipinski definition) is 2. The number of aryl methyl sites for hydroxylation is 1. The molecule has 2 saturated heterocycles. The van der Waals surface area contributed by atoms with Crippen LogP contribution in [-0.4, -0.2) is 49.6 Å². The monoisotopic (exact) mass is 436 g/mol. The Morgan fingerprint density at radius 1 is 1.03 bits per heavy atom. The molecule has 0 saturated carbocycles. The fourth-order valence-electron chi connectivity index (χ4n) is 4.61. The van der Waals surface area contributed by atoms with E-state index in [2.05, 4.69) is 60.8 Å². The second kappa shape index (κ2) is 10.4. The van der Waals surface area contributed by atoms with Crippen molar-refractivity contribution in [2.45, 2.75) is 52.1 Å². The first-order chi connectivity index (χ1) is 15.6. The summed E-state index contributed by atoms with van der Waals surface area (Å²) >= 11 is 0. The summed E-state index contributed by atoms with van der Waals surface area (Å²) in [5, 5.41) is 0. The highest BCUT2D eigenvalue weighted by atomic mass is 16.5. The Hall–Kier alpha value is -2.57. The SMILES string of the molecule is CCCCOc1ccccc1C1CC(C(=O)N2CCN(c3cccc(C)c3C)CC2)NN1. The van der Waals surface area contributed by atoms with Gasteiger partial charge < -0.3 is 14.5 Å². The third-order valence-corrected chi connectivity index (χ3v) is 6.76. The first kappa shape index (κ1) is 22.6. The van der Waals surface area contributed by atoms with E-state index in [0.29, 0.717) is 0 Å². The molecule has 2 fully saturated rings. The molecule has 0 aliphatic carbocycles. The summed E-state index contributed by atoms with van der Waals surface area (Å²) in [7, 11) is 0. The topological polar surface area (TPSA) is 56.8 Å². The second-order valence-electron chi connectivity index (χ2n) is 8.90. The average Bonchev–Trinajstić information content (AvgIpc) is 3.31. The zero-order valence-electron chi connectivity index (χ0n) is 19.6. The number of amides is 1. The van der Waals surface area contributed by atoms with Gasteiger partial charge in [-0.2, -0.15) is 0 Å². The molecule has 2 aromatic carbocycles. The van der Waals surface area contributed by atoms with E-state index >= 15 is 0 Å². The molecule has 0 radical (unpaired) electrons. The van der Waals surface area contributed by atoms with Crippen LogP contribution in [-0.2, 0) is 4.79 Å². The van der Waals surface area contributed by atoms with Crippen molar-refractivity contribution in [1.29, 1.82) is 0 Å². The number of nitrogens with one attached hydrogen (secondary N) is 2. The second-order valence-corrected chi connectivity index (χ2v) is 8.90. The van der Waals surface area contributed by atoms with Gasteiger partial charge in [-0.3, -0.25) is 4.79 Å². The van der Waals surface area contributed by atoms with Gasteiger partial charge in [0.1, 0.15) is 11.8 Å². The number of anilines is 1. The molecule has 1 amide bonds. The molecule has 6 heteroatoms. The predicted octanol–water partition coefficient (Wildman–Crippen LogP) is 3.74. The molecule has 32 heavy (non-hydrogen) atoms. The van der Waals surface area contributed by atoms with Gasteiger partial charge in [-0.15, -0.1) is 0 Å². The van der Waals surface area contributed by atoms with Gasteiger partial charge in [0.15, 0.2) is 0 Å². The number of hydrazine groups is 1. The molecule has 6 nitrogen and oxygen atoms in total. The van der Waals surface area contributed by atoms with Crippen molar-refractivity contribution in [3.63, 3.8) is 0 Å². The Morgan fingerprint density at radius 2 is 1.81 bits per heavy atom. The summed E-state index contributed by atoms with van der Waals surface area (Å²) < 4.78 is 6.01. The standard InChI is InChI=1S/C26H36N4O2/c1-4-5-17-32-25-12-7-6-10-21(25)22-18-23(28-27-22)26(31)30-15-13-29(14-16-30)24-11-8-9-19(2)20(24)3/h6-12,22-23,27-28H,4-5,13-18H2,1-3H3. The van der Waals surface area contributed by atoms with Gasteiger partial charge >= 0.3 is 0 Å². The van der Waals surface area contributed by atoms with Crippen LogP contribution in [0.4, 0.5) is 5.69 Å². The molecule has 0 aromatic heterocycles. The molecule has 2 aliphatic heterocycles. The molecule has 2 N–H and O–H groups in total. The lowest BCUT2D eigenvalue weighted by Crippen LogP contribution is -2.53. The number of hydrogen-bond acceptors (Lipinski definition) is 5. The van der Waals surface area contributed by atoms with Gasteiger partial charge in [-0.1, -0.05) is 43.7 Å². The van der Waals surface area contributed by atoms with Crippen molar-refractivity contribution >= 4 is 11.6 Å². The minimum Gasteiger partial charge on any atom is -0.493 e. The van der Waals surface area contributed by atoms with E-state index in [1.165, 1.54) is 16.8 Å². The Morgan fingerprint density at radius 3 is 2.59 bits per heavy atom. The molecule has 4 rings (SSSR count). The predicted molar refractivity (Wildman–Crippen MR) is 129 cm³/mol. The highest BCUT2D eigenvalue weighted by Crippen LogP contribution is 2.31. The minimum absolute atomic E-state index is 0.0676. The van der Waals surface area contributed by atoms with E-state index in [1.807, 2.05) is 23.1 Å². The van der Waals surface area contributed by atoms with Crippen LogP contribution in [0.1, 0.15) is 48.9 Å². The number of carbonyl (C=O) groups excluding carboxylic acids is 1. The van der Waals surface area contributed by atoms with E-state index in [0.717, 1.165) is 63.4 Å². The first-order valence-electron chi connectivity index (χ1n) is 11.9. The molecule has 2 unspecified atom stereocenters. The molecule has 2 aromatic rings. The van der Waals surface area contributed by atoms with Gasteiger partial charge in [-0.25, -0.2) is 10.9 Å². The van der Waals surface area contributed by atoms with Crippen LogP contribution < -0.4 is 20.5 Å². The fraction of sp³-hybridized carbons (Fsp3) is 0.500. The summed E-state index contributed by atoms with van der Waals surface area (Å²) in [6.07, 6.45) is 2.88. The Labute approximate surface area is 191 Å². The maximum Gasteiger partial charge on any atom is 0.241 e. The van der Waals surface area contributed by atoms with Crippen molar-refractivity contribution in [1.82, 2.24) is 15.8 Å². The van der Waals surface area contributed by atoms with E-state index < -0.39 is 0 Å². The summed E-state index contributed by atoms with van der Waals surface area (Å²) in [5.74, 6) is 1.10. The number of unbranched alkanes of at least 4 members (excludes halogenated alkanes) is 1. The van der Waals surface area contributed by atoms with Gasteiger partial charge in [0.25, 0.3) is 0 Å². The van der Waals surface area contributed by atoms with Gasteiger partial charge in [0, 0.05) is 37.4 Å². The van der Waals surface area contributed by atoms with Crippen molar-refractivity contribution in [3.05, 3.63) is 59.2 Å². The van der Waals surface area contributed by atoms with Gasteiger partial charge in [-0.05, 0) is 49.9 Å². The van der Waals surface area contributed by atoms with Gasteiger partial charge in [0.05, 0.1) is 12.6 Å². The molecule has 2 aliphatic rings. The average molecular weight is 437 g/mol. The summed E-state index contributed by atoms with van der Waals surface area (Å²) in [6.45, 7) is 10.5. The summed E-state index contributed by atoms with van der Waals surface area (Å²) in [6, 6.07) is 14.5.